The maximum absolute atomic E-state index is 9.49. The van der Waals surface area contributed by atoms with Crippen molar-refractivity contribution in [2.45, 2.75) is 26.0 Å². The molecule has 0 bridgehead atoms. The molecule has 0 saturated carbocycles. The molecule has 0 unspecified atom stereocenters. The third-order valence-corrected chi connectivity index (χ3v) is 3.86. The van der Waals surface area contributed by atoms with Crippen LogP contribution in [0.2, 0.25) is 0 Å². The molecule has 19 heavy (non-hydrogen) atoms. The molecule has 2 aromatic rings. The highest BCUT2D eigenvalue weighted by Gasteiger charge is 2.16. The van der Waals surface area contributed by atoms with E-state index in [4.69, 9.17) is 0 Å². The first-order chi connectivity index (χ1) is 9.38. The zero-order valence-electron chi connectivity index (χ0n) is 11.0. The molecule has 0 atom stereocenters. The minimum absolute atomic E-state index is 0.105. The van der Waals surface area contributed by atoms with Crippen molar-refractivity contribution >= 4 is 5.69 Å². The van der Waals surface area contributed by atoms with Gasteiger partial charge in [-0.1, -0.05) is 42.5 Å². The molecule has 0 spiro atoms. The lowest BCUT2D eigenvalue weighted by molar-refractivity contribution is 0.282. The molecule has 2 heteroatoms. The molecule has 2 aromatic carbocycles. The second-order valence-electron chi connectivity index (χ2n) is 5.08. The molecule has 3 rings (SSSR count). The van der Waals surface area contributed by atoms with Gasteiger partial charge in [-0.25, -0.2) is 0 Å². The summed E-state index contributed by atoms with van der Waals surface area (Å²) in [7, 11) is 0. The fourth-order valence-corrected chi connectivity index (χ4v) is 2.86. The Labute approximate surface area is 114 Å². The van der Waals surface area contributed by atoms with Crippen LogP contribution >= 0.6 is 0 Å². The maximum Gasteiger partial charge on any atom is 0.0702 e. The molecular weight excluding hydrogens is 234 g/mol. The summed E-state index contributed by atoms with van der Waals surface area (Å²) in [4.78, 5) is 2.39. The molecule has 98 valence electrons. The third-order valence-electron chi connectivity index (χ3n) is 3.86. The van der Waals surface area contributed by atoms with Crippen LogP contribution in [0.4, 0.5) is 5.69 Å². The molecule has 0 aromatic heterocycles. The summed E-state index contributed by atoms with van der Waals surface area (Å²) in [5.74, 6) is 0. The van der Waals surface area contributed by atoms with Crippen molar-refractivity contribution in [1.29, 1.82) is 0 Å². The van der Waals surface area contributed by atoms with Gasteiger partial charge in [-0.05, 0) is 30.0 Å². The molecule has 0 saturated heterocycles. The lowest BCUT2D eigenvalue weighted by Crippen LogP contribution is -2.23. The summed E-state index contributed by atoms with van der Waals surface area (Å²) in [6.07, 6.45) is 2.31. The standard InChI is InChI=1S/C17H19NO/c19-13-16-8-3-4-10-17(16)18-11-5-9-14-6-1-2-7-15(14)12-18/h1-4,6-8,10,19H,5,9,11-13H2. The van der Waals surface area contributed by atoms with Crippen molar-refractivity contribution in [3.05, 3.63) is 65.2 Å². The first-order valence-corrected chi connectivity index (χ1v) is 6.89. The maximum atomic E-state index is 9.49. The number of aliphatic hydroxyl groups is 1. The van der Waals surface area contributed by atoms with Crippen LogP contribution in [0.1, 0.15) is 23.1 Å². The summed E-state index contributed by atoms with van der Waals surface area (Å²) in [5.41, 5.74) is 5.06. The van der Waals surface area contributed by atoms with Gasteiger partial charge in [-0.3, -0.25) is 0 Å². The van der Waals surface area contributed by atoms with Crippen molar-refractivity contribution < 1.29 is 5.11 Å². The quantitative estimate of drug-likeness (QED) is 0.889. The van der Waals surface area contributed by atoms with E-state index in [2.05, 4.69) is 35.2 Å². The van der Waals surface area contributed by atoms with Gasteiger partial charge >= 0.3 is 0 Å². The lowest BCUT2D eigenvalue weighted by atomic mass is 10.0. The van der Waals surface area contributed by atoms with E-state index in [1.54, 1.807) is 0 Å². The Morgan fingerprint density at radius 3 is 2.53 bits per heavy atom. The number of hydrogen-bond acceptors (Lipinski definition) is 2. The van der Waals surface area contributed by atoms with Gasteiger partial charge in [-0.2, -0.15) is 0 Å². The van der Waals surface area contributed by atoms with Crippen LogP contribution in [0, 0.1) is 0 Å². The lowest BCUT2D eigenvalue weighted by Gasteiger charge is -2.25. The number of fused-ring (bicyclic) bond motifs is 1. The normalized spacial score (nSPS) is 14.9. The second-order valence-corrected chi connectivity index (χ2v) is 5.08. The van der Waals surface area contributed by atoms with Crippen LogP contribution in [0.25, 0.3) is 0 Å². The topological polar surface area (TPSA) is 23.5 Å². The Balaban J connectivity index is 1.94. The molecule has 0 amide bonds. The largest absolute Gasteiger partial charge is 0.392 e. The molecule has 1 aliphatic rings. The predicted octanol–water partition coefficient (Wildman–Crippen LogP) is 3.13. The number of para-hydroxylation sites is 1. The number of anilines is 1. The van der Waals surface area contributed by atoms with E-state index >= 15 is 0 Å². The fourth-order valence-electron chi connectivity index (χ4n) is 2.86. The zero-order valence-corrected chi connectivity index (χ0v) is 11.0. The zero-order chi connectivity index (χ0) is 13.1. The Morgan fingerprint density at radius 1 is 0.947 bits per heavy atom. The predicted molar refractivity (Wildman–Crippen MR) is 78.2 cm³/mol. The fraction of sp³-hybridized carbons (Fsp3) is 0.294. The second kappa shape index (κ2) is 5.45. The molecule has 0 fully saturated rings. The Morgan fingerprint density at radius 2 is 1.68 bits per heavy atom. The van der Waals surface area contributed by atoms with Crippen LogP contribution < -0.4 is 4.90 Å². The minimum atomic E-state index is 0.105. The Hall–Kier alpha value is -1.80. The van der Waals surface area contributed by atoms with Gasteiger partial charge in [0.1, 0.15) is 0 Å². The number of aryl methyl sites for hydroxylation is 1. The summed E-state index contributed by atoms with van der Waals surface area (Å²) in [5, 5.41) is 9.49. The summed E-state index contributed by atoms with van der Waals surface area (Å²) >= 11 is 0. The van der Waals surface area contributed by atoms with Gasteiger partial charge in [0.2, 0.25) is 0 Å². The SMILES string of the molecule is OCc1ccccc1N1CCCc2ccccc2C1. The highest BCUT2D eigenvalue weighted by Crippen LogP contribution is 2.26. The molecular formula is C17H19NO. The summed E-state index contributed by atoms with van der Waals surface area (Å²) in [6, 6.07) is 16.8. The van der Waals surface area contributed by atoms with E-state index in [0.717, 1.165) is 31.5 Å². The number of rotatable bonds is 2. The summed E-state index contributed by atoms with van der Waals surface area (Å²) in [6.45, 7) is 2.09. The Kier molecular flexibility index (Phi) is 3.51. The van der Waals surface area contributed by atoms with Crippen molar-refractivity contribution in [3.63, 3.8) is 0 Å². The first kappa shape index (κ1) is 12.2. The molecule has 2 nitrogen and oxygen atoms in total. The van der Waals surface area contributed by atoms with Crippen LogP contribution in [0.3, 0.4) is 0 Å². The van der Waals surface area contributed by atoms with E-state index in [0.29, 0.717) is 0 Å². The monoisotopic (exact) mass is 253 g/mol. The van der Waals surface area contributed by atoms with Crippen molar-refractivity contribution in [2.75, 3.05) is 11.4 Å². The van der Waals surface area contributed by atoms with Crippen molar-refractivity contribution in [3.8, 4) is 0 Å². The van der Waals surface area contributed by atoms with Crippen LogP contribution in [-0.2, 0) is 19.6 Å². The van der Waals surface area contributed by atoms with Gasteiger partial charge in [0.25, 0.3) is 0 Å². The number of hydrogen-bond donors (Lipinski definition) is 1. The van der Waals surface area contributed by atoms with Crippen LogP contribution in [-0.4, -0.2) is 11.7 Å². The number of nitrogens with zero attached hydrogens (tertiary/aromatic N) is 1. The van der Waals surface area contributed by atoms with E-state index < -0.39 is 0 Å². The van der Waals surface area contributed by atoms with Crippen LogP contribution in [0.5, 0.6) is 0 Å². The van der Waals surface area contributed by atoms with E-state index in [1.165, 1.54) is 16.8 Å². The van der Waals surface area contributed by atoms with Gasteiger partial charge < -0.3 is 10.0 Å². The summed E-state index contributed by atoms with van der Waals surface area (Å²) < 4.78 is 0. The average molecular weight is 253 g/mol. The molecule has 1 N–H and O–H groups in total. The third kappa shape index (κ3) is 2.49. The van der Waals surface area contributed by atoms with Crippen LogP contribution in [0.15, 0.2) is 48.5 Å². The molecule has 0 aliphatic carbocycles. The molecule has 1 heterocycles. The average Bonchev–Trinajstić information content (AvgIpc) is 2.69. The van der Waals surface area contributed by atoms with Gasteiger partial charge in [0.15, 0.2) is 0 Å². The highest BCUT2D eigenvalue weighted by atomic mass is 16.3. The van der Waals surface area contributed by atoms with Gasteiger partial charge in [-0.15, -0.1) is 0 Å². The Bertz CT molecular complexity index is 565. The first-order valence-electron chi connectivity index (χ1n) is 6.89. The molecule has 1 aliphatic heterocycles. The van der Waals surface area contributed by atoms with Crippen molar-refractivity contribution in [2.24, 2.45) is 0 Å². The van der Waals surface area contributed by atoms with Crippen molar-refractivity contribution in [1.82, 2.24) is 0 Å². The highest BCUT2D eigenvalue weighted by molar-refractivity contribution is 5.54. The number of benzene rings is 2. The van der Waals surface area contributed by atoms with Gasteiger partial charge in [0.05, 0.1) is 6.61 Å². The molecule has 0 radical (unpaired) electrons. The van der Waals surface area contributed by atoms with E-state index in [-0.39, 0.29) is 6.61 Å². The van der Waals surface area contributed by atoms with E-state index in [1.807, 2.05) is 18.2 Å². The smallest absolute Gasteiger partial charge is 0.0702 e. The minimum Gasteiger partial charge on any atom is -0.392 e. The van der Waals surface area contributed by atoms with E-state index in [9.17, 15) is 5.11 Å². The van der Waals surface area contributed by atoms with Gasteiger partial charge in [0, 0.05) is 24.3 Å². The number of aliphatic hydroxyl groups excluding tert-OH is 1.